The van der Waals surface area contributed by atoms with Crippen molar-refractivity contribution in [3.05, 3.63) is 223 Å². The summed E-state index contributed by atoms with van der Waals surface area (Å²) in [6.45, 7) is 0. The van der Waals surface area contributed by atoms with Gasteiger partial charge in [0.25, 0.3) is 0 Å². The third-order valence-corrected chi connectivity index (χ3v) is 11.1. The molecule has 0 spiro atoms. The first kappa shape index (κ1) is 32.0. The lowest BCUT2D eigenvalue weighted by Gasteiger charge is -2.34. The maximum absolute atomic E-state index is 6.69. The normalized spacial score (nSPS) is 14.8. The number of rotatable bonds is 6. The van der Waals surface area contributed by atoms with Crippen molar-refractivity contribution < 1.29 is 9.47 Å². The topological polar surface area (TPSA) is 47.5 Å². The SMILES string of the molecule is c1ccc(C2(c3ccc(-c4ccc(N(c5cccnc5)c5ccc6cccnc6c5)cc4)cc3)c3ccccc3-c3c2ccc2c3Oc3ccccc3O2)cc1. The third-order valence-electron chi connectivity index (χ3n) is 11.1. The molecule has 0 fully saturated rings. The maximum Gasteiger partial charge on any atom is 0.178 e. The molecule has 9 aromatic rings. The van der Waals surface area contributed by atoms with Crippen LogP contribution in [0.5, 0.6) is 23.0 Å². The van der Waals surface area contributed by atoms with E-state index in [0.29, 0.717) is 0 Å². The molecular formula is C51H33N3O2. The predicted molar refractivity (Wildman–Crippen MR) is 224 cm³/mol. The van der Waals surface area contributed by atoms with Gasteiger partial charge in [0.2, 0.25) is 0 Å². The number of benzene rings is 7. The highest BCUT2D eigenvalue weighted by molar-refractivity contribution is 5.92. The van der Waals surface area contributed by atoms with Gasteiger partial charge in [-0.2, -0.15) is 0 Å². The average molecular weight is 720 g/mol. The number of hydrogen-bond donors (Lipinski definition) is 0. The summed E-state index contributed by atoms with van der Waals surface area (Å²) in [7, 11) is 0. The second kappa shape index (κ2) is 12.8. The second-order valence-electron chi connectivity index (χ2n) is 14.2. The molecule has 1 aliphatic carbocycles. The van der Waals surface area contributed by atoms with Crippen LogP contribution in [0, 0.1) is 0 Å². The molecule has 7 aromatic carbocycles. The minimum absolute atomic E-state index is 0.580. The largest absolute Gasteiger partial charge is 0.449 e. The zero-order valence-corrected chi connectivity index (χ0v) is 30.2. The van der Waals surface area contributed by atoms with E-state index in [0.717, 1.165) is 73.2 Å². The van der Waals surface area contributed by atoms with E-state index in [1.807, 2.05) is 48.8 Å². The number of pyridine rings is 2. The van der Waals surface area contributed by atoms with E-state index in [1.165, 1.54) is 22.3 Å². The van der Waals surface area contributed by atoms with Gasteiger partial charge < -0.3 is 14.4 Å². The van der Waals surface area contributed by atoms with Crippen molar-refractivity contribution in [1.82, 2.24) is 9.97 Å². The lowest BCUT2D eigenvalue weighted by molar-refractivity contribution is 0.360. The monoisotopic (exact) mass is 719 g/mol. The molecule has 0 saturated carbocycles. The van der Waals surface area contributed by atoms with Crippen molar-refractivity contribution in [2.24, 2.45) is 0 Å². The number of anilines is 3. The first-order chi connectivity index (χ1) is 27.8. The summed E-state index contributed by atoms with van der Waals surface area (Å²) in [5, 5.41) is 1.10. The number of aromatic nitrogens is 2. The molecule has 2 aromatic heterocycles. The molecule has 0 radical (unpaired) electrons. The van der Waals surface area contributed by atoms with Crippen LogP contribution in [-0.4, -0.2) is 9.97 Å². The van der Waals surface area contributed by atoms with Gasteiger partial charge in [-0.1, -0.05) is 121 Å². The quantitative estimate of drug-likeness (QED) is 0.171. The fourth-order valence-corrected chi connectivity index (χ4v) is 8.67. The molecule has 0 bridgehead atoms. The van der Waals surface area contributed by atoms with Crippen LogP contribution < -0.4 is 14.4 Å². The van der Waals surface area contributed by atoms with Gasteiger partial charge in [-0.25, -0.2) is 0 Å². The van der Waals surface area contributed by atoms with E-state index in [4.69, 9.17) is 9.47 Å². The van der Waals surface area contributed by atoms with E-state index in [-0.39, 0.29) is 0 Å². The summed E-state index contributed by atoms with van der Waals surface area (Å²) in [5.74, 6) is 2.92. The lowest BCUT2D eigenvalue weighted by Crippen LogP contribution is -2.28. The highest BCUT2D eigenvalue weighted by Crippen LogP contribution is 2.62. The van der Waals surface area contributed by atoms with Crippen LogP contribution >= 0.6 is 0 Å². The van der Waals surface area contributed by atoms with Gasteiger partial charge in [0.15, 0.2) is 23.0 Å². The zero-order valence-electron chi connectivity index (χ0n) is 30.2. The van der Waals surface area contributed by atoms with E-state index in [9.17, 15) is 0 Å². The van der Waals surface area contributed by atoms with Crippen LogP contribution in [0.25, 0.3) is 33.2 Å². The van der Waals surface area contributed by atoms with Gasteiger partial charge in [-0.15, -0.1) is 0 Å². The number of nitrogens with zero attached hydrogens (tertiary/aromatic N) is 3. The van der Waals surface area contributed by atoms with Crippen molar-refractivity contribution in [2.75, 3.05) is 4.90 Å². The lowest BCUT2D eigenvalue weighted by atomic mass is 9.67. The van der Waals surface area contributed by atoms with Gasteiger partial charge in [0.05, 0.1) is 22.8 Å². The molecular weight excluding hydrogens is 687 g/mol. The van der Waals surface area contributed by atoms with Gasteiger partial charge in [0, 0.05) is 34.7 Å². The van der Waals surface area contributed by atoms with Crippen LogP contribution in [0.1, 0.15) is 22.3 Å². The molecule has 0 amide bonds. The molecule has 1 aliphatic heterocycles. The van der Waals surface area contributed by atoms with Crippen LogP contribution in [0.2, 0.25) is 0 Å². The molecule has 1 atom stereocenters. The Balaban J connectivity index is 1.01. The molecule has 264 valence electrons. The van der Waals surface area contributed by atoms with Gasteiger partial charge >= 0.3 is 0 Å². The Hall–Kier alpha value is -7.50. The number of fused-ring (bicyclic) bond motifs is 7. The fraction of sp³-hybridized carbons (Fsp3) is 0.0196. The minimum atomic E-state index is -0.580. The summed E-state index contributed by atoms with van der Waals surface area (Å²) >= 11 is 0. The predicted octanol–water partition coefficient (Wildman–Crippen LogP) is 13.0. The Labute approximate surface area is 324 Å². The van der Waals surface area contributed by atoms with Crippen molar-refractivity contribution >= 4 is 28.0 Å². The number of para-hydroxylation sites is 2. The highest BCUT2D eigenvalue weighted by atomic mass is 16.6. The first-order valence-electron chi connectivity index (χ1n) is 18.8. The first-order valence-corrected chi connectivity index (χ1v) is 18.8. The van der Waals surface area contributed by atoms with Crippen LogP contribution in [0.15, 0.2) is 201 Å². The maximum atomic E-state index is 6.69. The van der Waals surface area contributed by atoms with Crippen molar-refractivity contribution in [3.8, 4) is 45.3 Å². The second-order valence-corrected chi connectivity index (χ2v) is 14.2. The van der Waals surface area contributed by atoms with Gasteiger partial charge in [0.1, 0.15) is 0 Å². The molecule has 11 rings (SSSR count). The Kier molecular flexibility index (Phi) is 7.32. The van der Waals surface area contributed by atoms with E-state index in [1.54, 1.807) is 6.20 Å². The summed E-state index contributed by atoms with van der Waals surface area (Å²) < 4.78 is 13.1. The highest BCUT2D eigenvalue weighted by Gasteiger charge is 2.48. The van der Waals surface area contributed by atoms with Gasteiger partial charge in [-0.05, 0) is 99.6 Å². The summed E-state index contributed by atoms with van der Waals surface area (Å²) in [5.41, 5.74) is 12.6. The number of hydrogen-bond acceptors (Lipinski definition) is 5. The van der Waals surface area contributed by atoms with Crippen molar-refractivity contribution in [2.45, 2.75) is 5.41 Å². The smallest absolute Gasteiger partial charge is 0.178 e. The molecule has 2 aliphatic rings. The summed E-state index contributed by atoms with van der Waals surface area (Å²) in [4.78, 5) is 11.3. The Morgan fingerprint density at radius 3 is 1.96 bits per heavy atom. The van der Waals surface area contributed by atoms with E-state index in [2.05, 4.69) is 160 Å². The molecule has 5 nitrogen and oxygen atoms in total. The van der Waals surface area contributed by atoms with Crippen LogP contribution in [-0.2, 0) is 5.41 Å². The Morgan fingerprint density at radius 2 is 1.16 bits per heavy atom. The third kappa shape index (κ3) is 4.95. The minimum Gasteiger partial charge on any atom is -0.449 e. The van der Waals surface area contributed by atoms with Crippen molar-refractivity contribution in [3.63, 3.8) is 0 Å². The molecule has 3 heterocycles. The molecule has 5 heteroatoms. The summed E-state index contributed by atoms with van der Waals surface area (Å²) in [6, 6.07) is 64.0. The van der Waals surface area contributed by atoms with Crippen molar-refractivity contribution in [1.29, 1.82) is 0 Å². The van der Waals surface area contributed by atoms with E-state index >= 15 is 0 Å². The van der Waals surface area contributed by atoms with Gasteiger partial charge in [-0.3, -0.25) is 9.97 Å². The van der Waals surface area contributed by atoms with E-state index < -0.39 is 5.41 Å². The molecule has 0 saturated heterocycles. The molecule has 56 heavy (non-hydrogen) atoms. The van der Waals surface area contributed by atoms with Crippen LogP contribution in [0.3, 0.4) is 0 Å². The average Bonchev–Trinajstić information content (AvgIpc) is 3.58. The molecule has 0 N–H and O–H groups in total. The zero-order chi connectivity index (χ0) is 37.1. The molecule has 1 unspecified atom stereocenters. The standard InChI is InChI=1S/C51H33N3O2/c1-2-11-37(12-3-1)51(43-15-5-4-14-42(43)49-44(51)28-29-48-50(49)56-47-17-7-6-16-46(47)55-48)38-23-18-34(19-24-38)35-20-25-39(26-21-35)54(41-13-9-30-52-33-41)40-27-22-36-10-8-31-53-45(36)32-40/h1-33H. The van der Waals surface area contributed by atoms with Crippen LogP contribution in [0.4, 0.5) is 17.1 Å². The Bertz CT molecular complexity index is 2910. The number of ether oxygens (including phenoxy) is 2. The summed E-state index contributed by atoms with van der Waals surface area (Å²) in [6.07, 6.45) is 5.53. The fourth-order valence-electron chi connectivity index (χ4n) is 8.67. The Morgan fingerprint density at radius 1 is 0.464 bits per heavy atom.